The number of hydrogen-bond acceptors (Lipinski definition) is 6. The molecule has 0 bridgehead atoms. The Labute approximate surface area is 195 Å². The maximum Gasteiger partial charge on any atom is 0.222 e. The van der Waals surface area contributed by atoms with Crippen LogP contribution in [-0.2, 0) is 4.79 Å². The van der Waals surface area contributed by atoms with Crippen LogP contribution in [0.3, 0.4) is 0 Å². The number of nitrogens with zero attached hydrogens (tertiary/aromatic N) is 3. The molecular weight excluding hydrogens is 434 g/mol. The van der Waals surface area contributed by atoms with Crippen molar-refractivity contribution in [2.75, 3.05) is 13.1 Å². The van der Waals surface area contributed by atoms with Crippen LogP contribution in [0.15, 0.2) is 66.9 Å². The molecule has 0 saturated carbocycles. The molecule has 0 radical (unpaired) electrons. The Morgan fingerprint density at radius 2 is 1.88 bits per heavy atom. The van der Waals surface area contributed by atoms with Crippen molar-refractivity contribution in [2.45, 2.75) is 25.7 Å². The molecule has 5 rings (SSSR count). The van der Waals surface area contributed by atoms with E-state index in [1.807, 2.05) is 41.3 Å². The number of amides is 1. The van der Waals surface area contributed by atoms with Crippen molar-refractivity contribution >= 4 is 33.2 Å². The third-order valence-electron chi connectivity index (χ3n) is 5.93. The number of rotatable bonds is 5. The molecule has 0 N–H and O–H groups in total. The largest absolute Gasteiger partial charge is 0.439 e. The third kappa shape index (κ3) is 4.50. The van der Waals surface area contributed by atoms with E-state index in [-0.39, 0.29) is 17.6 Å². The van der Waals surface area contributed by atoms with Gasteiger partial charge in [-0.05, 0) is 55.3 Å². The number of aromatic nitrogens is 2. The Hall–Kier alpha value is -3.58. The second-order valence-electron chi connectivity index (χ2n) is 8.14. The predicted octanol–water partition coefficient (Wildman–Crippen LogP) is 5.44. The minimum absolute atomic E-state index is 0.0967. The quantitative estimate of drug-likeness (QED) is 0.373. The number of pyridine rings is 1. The first-order chi connectivity index (χ1) is 16.1. The van der Waals surface area contributed by atoms with Crippen molar-refractivity contribution in [3.05, 3.63) is 83.0 Å². The smallest absolute Gasteiger partial charge is 0.222 e. The fourth-order valence-corrected chi connectivity index (χ4v) is 5.12. The summed E-state index contributed by atoms with van der Waals surface area (Å²) in [6.45, 7) is 3.08. The molecule has 4 aromatic rings. The highest BCUT2D eigenvalue weighted by Gasteiger charge is 2.26. The van der Waals surface area contributed by atoms with Crippen LogP contribution in [0.1, 0.15) is 46.6 Å². The lowest BCUT2D eigenvalue weighted by molar-refractivity contribution is -0.130. The summed E-state index contributed by atoms with van der Waals surface area (Å²) >= 11 is 1.40. The minimum Gasteiger partial charge on any atom is -0.439 e. The van der Waals surface area contributed by atoms with E-state index < -0.39 is 0 Å². The Balaban J connectivity index is 1.33. The SMILES string of the molecule is CC(=O)N1CCCC(c2cccnc2Oc2ccc(C(=O)c3nc4ccccc4s3)cc2)C1. The summed E-state index contributed by atoms with van der Waals surface area (Å²) in [5, 5.41) is 0.476. The average Bonchev–Trinajstić information content (AvgIpc) is 3.29. The van der Waals surface area contributed by atoms with Gasteiger partial charge in [0.25, 0.3) is 0 Å². The highest BCUT2D eigenvalue weighted by molar-refractivity contribution is 7.20. The Kier molecular flexibility index (Phi) is 5.88. The monoisotopic (exact) mass is 457 g/mol. The number of fused-ring (bicyclic) bond motifs is 1. The molecule has 1 fully saturated rings. The van der Waals surface area contributed by atoms with Gasteiger partial charge in [-0.25, -0.2) is 9.97 Å². The first-order valence-electron chi connectivity index (χ1n) is 11.0. The topological polar surface area (TPSA) is 72.4 Å². The van der Waals surface area contributed by atoms with Crippen LogP contribution in [0, 0.1) is 0 Å². The van der Waals surface area contributed by atoms with Crippen molar-refractivity contribution in [2.24, 2.45) is 0 Å². The van der Waals surface area contributed by atoms with Crippen LogP contribution in [0.4, 0.5) is 0 Å². The van der Waals surface area contributed by atoms with Crippen LogP contribution >= 0.6 is 11.3 Å². The molecule has 1 saturated heterocycles. The van der Waals surface area contributed by atoms with Gasteiger partial charge in [-0.3, -0.25) is 9.59 Å². The Morgan fingerprint density at radius 3 is 2.67 bits per heavy atom. The van der Waals surface area contributed by atoms with Gasteiger partial charge >= 0.3 is 0 Å². The van der Waals surface area contributed by atoms with Gasteiger partial charge in [-0.1, -0.05) is 18.2 Å². The van der Waals surface area contributed by atoms with Crippen LogP contribution in [0.5, 0.6) is 11.6 Å². The zero-order valence-electron chi connectivity index (χ0n) is 18.2. The zero-order valence-corrected chi connectivity index (χ0v) is 19.0. The highest BCUT2D eigenvalue weighted by Crippen LogP contribution is 2.34. The van der Waals surface area contributed by atoms with E-state index in [1.54, 1.807) is 37.4 Å². The highest BCUT2D eigenvalue weighted by atomic mass is 32.1. The molecular formula is C26H23N3O3S. The number of para-hydroxylation sites is 1. The summed E-state index contributed by atoms with van der Waals surface area (Å²) in [7, 11) is 0. The summed E-state index contributed by atoms with van der Waals surface area (Å²) in [6, 6.07) is 18.7. The van der Waals surface area contributed by atoms with E-state index >= 15 is 0 Å². The number of hydrogen-bond donors (Lipinski definition) is 0. The lowest BCUT2D eigenvalue weighted by atomic mass is 9.91. The van der Waals surface area contributed by atoms with Gasteiger partial charge in [0.15, 0.2) is 5.01 Å². The summed E-state index contributed by atoms with van der Waals surface area (Å²) in [6.07, 6.45) is 3.65. The van der Waals surface area contributed by atoms with Crippen molar-refractivity contribution in [1.29, 1.82) is 0 Å². The fraction of sp³-hybridized carbons (Fsp3) is 0.231. The van der Waals surface area contributed by atoms with Gasteiger partial charge < -0.3 is 9.64 Å². The van der Waals surface area contributed by atoms with E-state index in [9.17, 15) is 9.59 Å². The molecule has 1 atom stereocenters. The molecule has 7 heteroatoms. The van der Waals surface area contributed by atoms with Gasteiger partial charge in [0.2, 0.25) is 17.6 Å². The molecule has 1 aliphatic heterocycles. The zero-order chi connectivity index (χ0) is 22.8. The van der Waals surface area contributed by atoms with E-state index in [0.717, 1.165) is 35.2 Å². The number of thiazole rings is 1. The van der Waals surface area contributed by atoms with Crippen molar-refractivity contribution < 1.29 is 14.3 Å². The maximum absolute atomic E-state index is 12.9. The van der Waals surface area contributed by atoms with Gasteiger partial charge in [0, 0.05) is 43.3 Å². The second kappa shape index (κ2) is 9.11. The van der Waals surface area contributed by atoms with Gasteiger partial charge in [-0.2, -0.15) is 0 Å². The van der Waals surface area contributed by atoms with E-state index in [2.05, 4.69) is 9.97 Å². The Bertz CT molecular complexity index is 1280. The van der Waals surface area contributed by atoms with Crippen molar-refractivity contribution in [1.82, 2.24) is 14.9 Å². The molecule has 0 spiro atoms. The molecule has 6 nitrogen and oxygen atoms in total. The molecule has 1 amide bonds. The molecule has 33 heavy (non-hydrogen) atoms. The number of ether oxygens (including phenoxy) is 1. The van der Waals surface area contributed by atoms with Gasteiger partial charge in [-0.15, -0.1) is 11.3 Å². The molecule has 166 valence electrons. The number of piperidine rings is 1. The van der Waals surface area contributed by atoms with E-state index in [0.29, 0.717) is 28.7 Å². The number of carbonyl (C=O) groups is 2. The maximum atomic E-state index is 12.9. The van der Waals surface area contributed by atoms with E-state index in [4.69, 9.17) is 4.74 Å². The van der Waals surface area contributed by atoms with Crippen LogP contribution in [-0.4, -0.2) is 39.6 Å². The third-order valence-corrected chi connectivity index (χ3v) is 6.96. The van der Waals surface area contributed by atoms with Gasteiger partial charge in [0.1, 0.15) is 5.75 Å². The lowest BCUT2D eigenvalue weighted by Crippen LogP contribution is -2.37. The second-order valence-corrected chi connectivity index (χ2v) is 9.17. The van der Waals surface area contributed by atoms with Crippen LogP contribution in [0.2, 0.25) is 0 Å². The number of likely N-dealkylation sites (tertiary alicyclic amines) is 1. The predicted molar refractivity (Wildman–Crippen MR) is 128 cm³/mol. The summed E-state index contributed by atoms with van der Waals surface area (Å²) in [4.78, 5) is 35.5. The minimum atomic E-state index is -0.104. The number of ketones is 1. The first kappa shape index (κ1) is 21.3. The van der Waals surface area contributed by atoms with Crippen LogP contribution in [0.25, 0.3) is 10.2 Å². The molecule has 1 aliphatic rings. The molecule has 2 aromatic heterocycles. The molecule has 0 aliphatic carbocycles. The average molecular weight is 458 g/mol. The molecule has 3 heterocycles. The summed E-state index contributed by atoms with van der Waals surface area (Å²) in [5.74, 6) is 1.33. The molecule has 1 unspecified atom stereocenters. The normalized spacial score (nSPS) is 16.0. The number of carbonyl (C=O) groups excluding carboxylic acids is 2. The van der Waals surface area contributed by atoms with Gasteiger partial charge in [0.05, 0.1) is 10.2 Å². The Morgan fingerprint density at radius 1 is 1.06 bits per heavy atom. The number of benzene rings is 2. The summed E-state index contributed by atoms with van der Waals surface area (Å²) in [5.41, 5.74) is 2.39. The lowest BCUT2D eigenvalue weighted by Gasteiger charge is -2.32. The fourth-order valence-electron chi connectivity index (χ4n) is 4.20. The van der Waals surface area contributed by atoms with Crippen molar-refractivity contribution in [3.8, 4) is 11.6 Å². The standard InChI is InChI=1S/C26H23N3O3S/c1-17(30)29-15-5-6-19(16-29)21-7-4-14-27-25(21)32-20-12-10-18(11-13-20)24(31)26-28-22-8-2-3-9-23(22)33-26/h2-4,7-14,19H,5-6,15-16H2,1H3. The summed E-state index contributed by atoms with van der Waals surface area (Å²) < 4.78 is 7.10. The van der Waals surface area contributed by atoms with Crippen molar-refractivity contribution in [3.63, 3.8) is 0 Å². The van der Waals surface area contributed by atoms with Crippen LogP contribution < -0.4 is 4.74 Å². The first-order valence-corrected chi connectivity index (χ1v) is 11.8. The van der Waals surface area contributed by atoms with E-state index in [1.165, 1.54) is 11.3 Å². The molecule has 2 aromatic carbocycles.